The molecule has 2 nitrogen and oxygen atoms in total. The van der Waals surface area contributed by atoms with E-state index in [-0.39, 0.29) is 0 Å². The molecule has 3 heteroatoms. The van der Waals surface area contributed by atoms with Crippen molar-refractivity contribution in [2.45, 2.75) is 11.8 Å². The monoisotopic (exact) mass is 245 g/mol. The van der Waals surface area contributed by atoms with E-state index < -0.39 is 9.73 Å². The molecule has 2 rings (SSSR count). The Morgan fingerprint density at radius 3 is 2.00 bits per heavy atom. The van der Waals surface area contributed by atoms with Crippen LogP contribution in [0.25, 0.3) is 0 Å². The molecule has 0 aliphatic heterocycles. The molecule has 0 aliphatic rings. The summed E-state index contributed by atoms with van der Waals surface area (Å²) in [6.07, 6.45) is 0. The van der Waals surface area contributed by atoms with Gasteiger partial charge in [-0.05, 0) is 24.3 Å². The Bertz CT molecular complexity index is 584. The Labute approximate surface area is 102 Å². The van der Waals surface area contributed by atoms with E-state index in [1.54, 1.807) is 0 Å². The SMILES string of the molecule is CCS(=O)(=Nc1ccccc1)c1ccccc1. The average Bonchev–Trinajstić information content (AvgIpc) is 2.41. The van der Waals surface area contributed by atoms with Gasteiger partial charge >= 0.3 is 0 Å². The summed E-state index contributed by atoms with van der Waals surface area (Å²) in [5.41, 5.74) is 0.767. The van der Waals surface area contributed by atoms with Crippen LogP contribution in [0.3, 0.4) is 0 Å². The fourth-order valence-corrected chi connectivity index (χ4v) is 3.19. The standard InChI is InChI=1S/C14H15NOS/c1-2-17(16,14-11-7-4-8-12-14)15-13-9-5-3-6-10-13/h3-12H,2H2,1H3. The number of nitrogens with zero attached hydrogens (tertiary/aromatic N) is 1. The van der Waals surface area contributed by atoms with E-state index >= 15 is 0 Å². The van der Waals surface area contributed by atoms with E-state index in [0.717, 1.165) is 10.6 Å². The lowest BCUT2D eigenvalue weighted by atomic mass is 10.3. The first-order valence-corrected chi connectivity index (χ1v) is 7.28. The molecule has 1 atom stereocenters. The van der Waals surface area contributed by atoms with Gasteiger partial charge in [0.1, 0.15) is 0 Å². The Balaban J connectivity index is 2.53. The second-order valence-electron chi connectivity index (χ2n) is 3.67. The molecule has 0 aliphatic carbocycles. The Kier molecular flexibility index (Phi) is 3.59. The van der Waals surface area contributed by atoms with E-state index in [4.69, 9.17) is 0 Å². The minimum absolute atomic E-state index is 0.520. The summed E-state index contributed by atoms with van der Waals surface area (Å²) in [6.45, 7) is 1.90. The van der Waals surface area contributed by atoms with Gasteiger partial charge in [0.05, 0.1) is 15.4 Å². The summed E-state index contributed by atoms with van der Waals surface area (Å²) in [5.74, 6) is 0.520. The zero-order valence-electron chi connectivity index (χ0n) is 9.74. The Morgan fingerprint density at radius 1 is 0.941 bits per heavy atom. The van der Waals surface area contributed by atoms with Crippen molar-refractivity contribution in [1.82, 2.24) is 0 Å². The maximum atomic E-state index is 12.8. The largest absolute Gasteiger partial charge is 0.244 e. The van der Waals surface area contributed by atoms with Gasteiger partial charge in [-0.3, -0.25) is 0 Å². The van der Waals surface area contributed by atoms with Crippen LogP contribution in [0.2, 0.25) is 0 Å². The topological polar surface area (TPSA) is 29.4 Å². The summed E-state index contributed by atoms with van der Waals surface area (Å²) in [5, 5.41) is 0. The van der Waals surface area contributed by atoms with Crippen LogP contribution in [0.5, 0.6) is 0 Å². The zero-order chi connectivity index (χ0) is 12.1. The zero-order valence-corrected chi connectivity index (χ0v) is 10.6. The van der Waals surface area contributed by atoms with Gasteiger partial charge in [0.2, 0.25) is 0 Å². The molecule has 17 heavy (non-hydrogen) atoms. The summed E-state index contributed by atoms with van der Waals surface area (Å²) < 4.78 is 17.2. The van der Waals surface area contributed by atoms with Crippen LogP contribution >= 0.6 is 0 Å². The van der Waals surface area contributed by atoms with Crippen LogP contribution in [0.15, 0.2) is 69.9 Å². The van der Waals surface area contributed by atoms with Gasteiger partial charge < -0.3 is 0 Å². The van der Waals surface area contributed by atoms with Crippen molar-refractivity contribution in [2.75, 3.05) is 5.75 Å². The van der Waals surface area contributed by atoms with Gasteiger partial charge in [0.25, 0.3) is 0 Å². The van der Waals surface area contributed by atoms with Gasteiger partial charge in [0.15, 0.2) is 0 Å². The summed E-state index contributed by atoms with van der Waals surface area (Å²) in [7, 11) is -2.33. The van der Waals surface area contributed by atoms with Crippen molar-refractivity contribution in [2.24, 2.45) is 4.36 Å². The minimum Gasteiger partial charge on any atom is -0.244 e. The smallest absolute Gasteiger partial charge is 0.0797 e. The molecule has 0 spiro atoms. The summed E-state index contributed by atoms with van der Waals surface area (Å²) in [6, 6.07) is 18.9. The average molecular weight is 245 g/mol. The van der Waals surface area contributed by atoms with Crippen molar-refractivity contribution < 1.29 is 4.21 Å². The predicted molar refractivity (Wildman–Crippen MR) is 71.9 cm³/mol. The number of hydrogen-bond donors (Lipinski definition) is 0. The molecular weight excluding hydrogens is 230 g/mol. The molecular formula is C14H15NOS. The molecule has 2 aromatic carbocycles. The van der Waals surface area contributed by atoms with Crippen molar-refractivity contribution >= 4 is 15.4 Å². The molecule has 0 saturated heterocycles. The predicted octanol–water partition coefficient (Wildman–Crippen LogP) is 3.87. The van der Waals surface area contributed by atoms with E-state index in [0.29, 0.717) is 5.75 Å². The molecule has 1 unspecified atom stereocenters. The second-order valence-corrected chi connectivity index (χ2v) is 6.18. The number of benzene rings is 2. The fraction of sp³-hybridized carbons (Fsp3) is 0.143. The van der Waals surface area contributed by atoms with Crippen molar-refractivity contribution in [1.29, 1.82) is 0 Å². The second kappa shape index (κ2) is 5.15. The van der Waals surface area contributed by atoms with Crippen molar-refractivity contribution in [3.8, 4) is 0 Å². The molecule has 0 N–H and O–H groups in total. The van der Waals surface area contributed by atoms with Gasteiger partial charge in [0, 0.05) is 10.6 Å². The third-order valence-electron chi connectivity index (χ3n) is 2.51. The van der Waals surface area contributed by atoms with Crippen LogP contribution in [-0.4, -0.2) is 9.96 Å². The maximum Gasteiger partial charge on any atom is 0.0797 e. The third-order valence-corrected chi connectivity index (χ3v) is 4.81. The van der Waals surface area contributed by atoms with E-state index in [9.17, 15) is 4.21 Å². The van der Waals surface area contributed by atoms with Crippen LogP contribution in [0, 0.1) is 0 Å². The first-order valence-electron chi connectivity index (χ1n) is 5.59. The van der Waals surface area contributed by atoms with Crippen LogP contribution in [-0.2, 0) is 9.73 Å². The maximum absolute atomic E-state index is 12.8. The molecule has 0 saturated carbocycles. The van der Waals surface area contributed by atoms with E-state index in [1.165, 1.54) is 0 Å². The highest BCUT2D eigenvalue weighted by Gasteiger charge is 2.09. The number of rotatable bonds is 3. The van der Waals surface area contributed by atoms with Gasteiger partial charge in [-0.2, -0.15) is 4.36 Å². The number of hydrogen-bond acceptors (Lipinski definition) is 2. The highest BCUT2D eigenvalue weighted by molar-refractivity contribution is 7.93. The van der Waals surface area contributed by atoms with E-state index in [1.807, 2.05) is 67.6 Å². The van der Waals surface area contributed by atoms with Gasteiger partial charge in [-0.25, -0.2) is 4.21 Å². The lowest BCUT2D eigenvalue weighted by Crippen LogP contribution is -2.02. The molecule has 0 heterocycles. The van der Waals surface area contributed by atoms with Crippen LogP contribution in [0.4, 0.5) is 5.69 Å². The quantitative estimate of drug-likeness (QED) is 0.807. The molecule has 88 valence electrons. The first kappa shape index (κ1) is 11.9. The van der Waals surface area contributed by atoms with Crippen LogP contribution in [0.1, 0.15) is 6.92 Å². The summed E-state index contributed by atoms with van der Waals surface area (Å²) in [4.78, 5) is 0.798. The fourth-order valence-electron chi connectivity index (χ4n) is 1.58. The lowest BCUT2D eigenvalue weighted by Gasteiger charge is -2.07. The summed E-state index contributed by atoms with van der Waals surface area (Å²) >= 11 is 0. The molecule has 0 fully saturated rings. The molecule has 0 amide bonds. The Hall–Kier alpha value is -1.61. The molecule has 0 bridgehead atoms. The molecule has 0 aromatic heterocycles. The Morgan fingerprint density at radius 2 is 1.47 bits per heavy atom. The van der Waals surface area contributed by atoms with Crippen molar-refractivity contribution in [3.63, 3.8) is 0 Å². The van der Waals surface area contributed by atoms with Gasteiger partial charge in [-0.15, -0.1) is 0 Å². The van der Waals surface area contributed by atoms with Crippen molar-refractivity contribution in [3.05, 3.63) is 60.7 Å². The van der Waals surface area contributed by atoms with E-state index in [2.05, 4.69) is 4.36 Å². The van der Waals surface area contributed by atoms with Gasteiger partial charge in [-0.1, -0.05) is 43.3 Å². The first-order chi connectivity index (χ1) is 8.24. The third kappa shape index (κ3) is 2.74. The lowest BCUT2D eigenvalue weighted by molar-refractivity contribution is 0.677. The minimum atomic E-state index is -2.33. The molecule has 0 radical (unpaired) electrons. The normalized spacial score (nSPS) is 13.9. The molecule has 2 aromatic rings. The highest BCUT2D eigenvalue weighted by atomic mass is 32.2. The van der Waals surface area contributed by atoms with Crippen LogP contribution < -0.4 is 0 Å². The highest BCUT2D eigenvalue weighted by Crippen LogP contribution is 2.20.